The highest BCUT2D eigenvalue weighted by Crippen LogP contribution is 2.49. The SMILES string of the molecule is C[C@@H](c1ccccc1)N1C2=C(C[C@@H](CC(N)=O)CC2)SC1N. The number of rotatable bonds is 4. The minimum Gasteiger partial charge on any atom is -0.370 e. The van der Waals surface area contributed by atoms with Gasteiger partial charge in [-0.2, -0.15) is 0 Å². The fourth-order valence-electron chi connectivity index (χ4n) is 3.51. The summed E-state index contributed by atoms with van der Waals surface area (Å²) in [5.41, 5.74) is 14.3. The Hall–Kier alpha value is -1.46. The van der Waals surface area contributed by atoms with Crippen molar-refractivity contribution in [3.63, 3.8) is 0 Å². The molecule has 1 heterocycles. The summed E-state index contributed by atoms with van der Waals surface area (Å²) in [6.07, 6.45) is 3.44. The van der Waals surface area contributed by atoms with Crippen LogP contribution < -0.4 is 11.5 Å². The van der Waals surface area contributed by atoms with Gasteiger partial charge in [0.2, 0.25) is 5.91 Å². The molecule has 118 valence electrons. The molecule has 0 spiro atoms. The molecule has 1 aliphatic heterocycles. The molecule has 0 radical (unpaired) electrons. The Kier molecular flexibility index (Phi) is 4.45. The van der Waals surface area contributed by atoms with Crippen LogP contribution in [-0.2, 0) is 4.79 Å². The maximum Gasteiger partial charge on any atom is 0.217 e. The molecule has 4 nitrogen and oxygen atoms in total. The van der Waals surface area contributed by atoms with Crippen LogP contribution >= 0.6 is 11.8 Å². The van der Waals surface area contributed by atoms with E-state index in [1.54, 1.807) is 11.8 Å². The Morgan fingerprint density at radius 1 is 1.41 bits per heavy atom. The number of thioether (sulfide) groups is 1. The summed E-state index contributed by atoms with van der Waals surface area (Å²) >= 11 is 1.74. The van der Waals surface area contributed by atoms with Gasteiger partial charge >= 0.3 is 0 Å². The van der Waals surface area contributed by atoms with E-state index in [-0.39, 0.29) is 17.4 Å². The van der Waals surface area contributed by atoms with Crippen LogP contribution in [-0.4, -0.2) is 16.3 Å². The topological polar surface area (TPSA) is 72.3 Å². The Morgan fingerprint density at radius 3 is 2.82 bits per heavy atom. The maximum atomic E-state index is 11.1. The Bertz CT molecular complexity index is 587. The number of allylic oxidation sites excluding steroid dienone is 2. The quantitative estimate of drug-likeness (QED) is 0.895. The number of benzene rings is 1. The van der Waals surface area contributed by atoms with Gasteiger partial charge in [0.25, 0.3) is 0 Å². The molecule has 1 unspecified atom stereocenters. The molecule has 0 saturated carbocycles. The summed E-state index contributed by atoms with van der Waals surface area (Å²) < 4.78 is 0. The minimum atomic E-state index is -0.198. The van der Waals surface area contributed by atoms with Crippen molar-refractivity contribution in [3.05, 3.63) is 46.5 Å². The predicted octanol–water partition coefficient (Wildman–Crippen LogP) is 2.93. The number of nitrogens with zero attached hydrogens (tertiary/aromatic N) is 1. The first kappa shape index (κ1) is 15.4. The zero-order valence-electron chi connectivity index (χ0n) is 12.9. The number of amides is 1. The number of hydrogen-bond donors (Lipinski definition) is 2. The lowest BCUT2D eigenvalue weighted by atomic mass is 9.88. The van der Waals surface area contributed by atoms with E-state index >= 15 is 0 Å². The van der Waals surface area contributed by atoms with Gasteiger partial charge < -0.3 is 16.4 Å². The third kappa shape index (κ3) is 3.01. The van der Waals surface area contributed by atoms with E-state index in [9.17, 15) is 4.79 Å². The fraction of sp³-hybridized carbons (Fsp3) is 0.471. The smallest absolute Gasteiger partial charge is 0.217 e. The van der Waals surface area contributed by atoms with Crippen molar-refractivity contribution in [1.29, 1.82) is 0 Å². The summed E-state index contributed by atoms with van der Waals surface area (Å²) in [7, 11) is 0. The number of carbonyl (C=O) groups excluding carboxylic acids is 1. The van der Waals surface area contributed by atoms with Gasteiger partial charge in [-0.25, -0.2) is 0 Å². The molecule has 4 N–H and O–H groups in total. The van der Waals surface area contributed by atoms with Crippen molar-refractivity contribution in [2.45, 2.75) is 44.1 Å². The molecule has 5 heteroatoms. The third-order valence-electron chi connectivity index (χ3n) is 4.62. The van der Waals surface area contributed by atoms with E-state index in [1.807, 2.05) is 6.07 Å². The van der Waals surface area contributed by atoms with Gasteiger partial charge in [-0.05, 0) is 37.7 Å². The average Bonchev–Trinajstić information content (AvgIpc) is 2.82. The standard InChI is InChI=1S/C17H23N3OS/c1-11(13-5-3-2-4-6-13)20-14-8-7-12(10-16(18)21)9-15(14)22-17(20)19/h2-6,11-12,17H,7-10,19H2,1H3,(H2,18,21)/t11-,12-,17?/m0/s1. The van der Waals surface area contributed by atoms with Gasteiger partial charge in [-0.15, -0.1) is 0 Å². The molecule has 3 atom stereocenters. The van der Waals surface area contributed by atoms with E-state index in [1.165, 1.54) is 16.2 Å². The lowest BCUT2D eigenvalue weighted by molar-refractivity contribution is -0.119. The summed E-state index contributed by atoms with van der Waals surface area (Å²) in [6, 6.07) is 10.7. The highest BCUT2D eigenvalue weighted by atomic mass is 32.2. The van der Waals surface area contributed by atoms with E-state index in [4.69, 9.17) is 11.5 Å². The molecule has 3 rings (SSSR count). The third-order valence-corrected chi connectivity index (χ3v) is 5.78. The van der Waals surface area contributed by atoms with Crippen LogP contribution in [0.4, 0.5) is 0 Å². The predicted molar refractivity (Wildman–Crippen MR) is 90.4 cm³/mol. The van der Waals surface area contributed by atoms with Crippen LogP contribution in [0.15, 0.2) is 40.9 Å². The number of primary amides is 1. The maximum absolute atomic E-state index is 11.1. The highest BCUT2D eigenvalue weighted by Gasteiger charge is 2.37. The van der Waals surface area contributed by atoms with E-state index < -0.39 is 0 Å². The molecular formula is C17H23N3OS. The van der Waals surface area contributed by atoms with Crippen molar-refractivity contribution < 1.29 is 4.79 Å². The molecule has 1 amide bonds. The zero-order chi connectivity index (χ0) is 15.7. The van der Waals surface area contributed by atoms with Crippen LogP contribution in [0.3, 0.4) is 0 Å². The zero-order valence-corrected chi connectivity index (χ0v) is 13.7. The largest absolute Gasteiger partial charge is 0.370 e. The van der Waals surface area contributed by atoms with E-state index in [0.29, 0.717) is 12.3 Å². The van der Waals surface area contributed by atoms with E-state index in [0.717, 1.165) is 19.3 Å². The second-order valence-electron chi connectivity index (χ2n) is 6.15. The molecular weight excluding hydrogens is 294 g/mol. The van der Waals surface area contributed by atoms with Crippen LogP contribution in [0.1, 0.15) is 44.2 Å². The molecule has 0 saturated heterocycles. The lowest BCUT2D eigenvalue weighted by Gasteiger charge is -2.34. The lowest BCUT2D eigenvalue weighted by Crippen LogP contribution is -2.37. The first-order valence-electron chi connectivity index (χ1n) is 7.82. The molecule has 0 aromatic heterocycles. The van der Waals surface area contributed by atoms with Crippen LogP contribution in [0.5, 0.6) is 0 Å². The highest BCUT2D eigenvalue weighted by molar-refractivity contribution is 8.03. The van der Waals surface area contributed by atoms with Crippen molar-refractivity contribution in [2.24, 2.45) is 17.4 Å². The van der Waals surface area contributed by atoms with Crippen molar-refractivity contribution in [1.82, 2.24) is 4.90 Å². The van der Waals surface area contributed by atoms with Gasteiger partial charge in [0.05, 0.1) is 6.04 Å². The van der Waals surface area contributed by atoms with Gasteiger partial charge in [-0.1, -0.05) is 42.1 Å². The molecule has 1 aromatic rings. The minimum absolute atomic E-state index is 0.0347. The average molecular weight is 317 g/mol. The van der Waals surface area contributed by atoms with Gasteiger partial charge in [0.15, 0.2) is 0 Å². The van der Waals surface area contributed by atoms with Crippen molar-refractivity contribution in [3.8, 4) is 0 Å². The first-order valence-corrected chi connectivity index (χ1v) is 8.70. The summed E-state index contributed by atoms with van der Waals surface area (Å²) in [5.74, 6) is 0.179. The summed E-state index contributed by atoms with van der Waals surface area (Å²) in [6.45, 7) is 2.21. The molecule has 1 aliphatic carbocycles. The fourth-order valence-corrected chi connectivity index (χ4v) is 4.90. The molecule has 2 aliphatic rings. The van der Waals surface area contributed by atoms with Gasteiger partial charge in [0.1, 0.15) is 5.50 Å². The monoisotopic (exact) mass is 317 g/mol. The van der Waals surface area contributed by atoms with Gasteiger partial charge in [-0.3, -0.25) is 4.79 Å². The Labute approximate surface area is 135 Å². The molecule has 0 fully saturated rings. The molecule has 1 aromatic carbocycles. The number of hydrogen-bond acceptors (Lipinski definition) is 4. The van der Waals surface area contributed by atoms with Gasteiger partial charge in [0, 0.05) is 17.0 Å². The van der Waals surface area contributed by atoms with E-state index in [2.05, 4.69) is 36.1 Å². The Morgan fingerprint density at radius 2 is 2.14 bits per heavy atom. The first-order chi connectivity index (χ1) is 10.6. The molecule has 0 bridgehead atoms. The second kappa shape index (κ2) is 6.34. The summed E-state index contributed by atoms with van der Waals surface area (Å²) in [5, 5.41) is 0. The van der Waals surface area contributed by atoms with Crippen LogP contribution in [0, 0.1) is 5.92 Å². The summed E-state index contributed by atoms with van der Waals surface area (Å²) in [4.78, 5) is 14.8. The number of carbonyl (C=O) groups is 1. The number of nitrogens with two attached hydrogens (primary N) is 2. The second-order valence-corrected chi connectivity index (χ2v) is 7.36. The van der Waals surface area contributed by atoms with Crippen LogP contribution in [0.25, 0.3) is 0 Å². The van der Waals surface area contributed by atoms with Crippen LogP contribution in [0.2, 0.25) is 0 Å². The molecule has 22 heavy (non-hydrogen) atoms. The Balaban J connectivity index is 1.79. The van der Waals surface area contributed by atoms with Crippen molar-refractivity contribution >= 4 is 17.7 Å². The van der Waals surface area contributed by atoms with Crippen molar-refractivity contribution in [2.75, 3.05) is 0 Å². The normalized spacial score (nSPS) is 26.0.